The van der Waals surface area contributed by atoms with E-state index in [2.05, 4.69) is 0 Å². The predicted molar refractivity (Wildman–Crippen MR) is 70.8 cm³/mol. The van der Waals surface area contributed by atoms with E-state index in [0.717, 1.165) is 25.7 Å². The van der Waals surface area contributed by atoms with Crippen molar-refractivity contribution < 1.29 is 23.1 Å². The zero-order chi connectivity index (χ0) is 13.9. The van der Waals surface area contributed by atoms with Crippen LogP contribution in [0.1, 0.15) is 46.5 Å². The predicted octanol–water partition coefficient (Wildman–Crippen LogP) is 3.38. The molecule has 0 radical (unpaired) electrons. The SMILES string of the molecule is CCCCOP(=O)(CCOC(C)=O)OCCCC. The number of esters is 1. The Labute approximate surface area is 110 Å². The van der Waals surface area contributed by atoms with Crippen LogP contribution >= 0.6 is 7.60 Å². The fourth-order valence-electron chi connectivity index (χ4n) is 1.16. The van der Waals surface area contributed by atoms with Crippen LogP contribution in [0, 0.1) is 0 Å². The van der Waals surface area contributed by atoms with Gasteiger partial charge < -0.3 is 13.8 Å². The van der Waals surface area contributed by atoms with E-state index in [4.69, 9.17) is 13.8 Å². The van der Waals surface area contributed by atoms with Crippen LogP contribution < -0.4 is 0 Å². The number of carbonyl (C=O) groups is 1. The third-order valence-electron chi connectivity index (χ3n) is 2.24. The van der Waals surface area contributed by atoms with Gasteiger partial charge in [0, 0.05) is 6.92 Å². The second kappa shape index (κ2) is 10.5. The van der Waals surface area contributed by atoms with Crippen LogP contribution in [0.3, 0.4) is 0 Å². The number of hydrogen-bond acceptors (Lipinski definition) is 5. The molecule has 0 bridgehead atoms. The van der Waals surface area contributed by atoms with E-state index in [-0.39, 0.29) is 18.7 Å². The summed E-state index contributed by atoms with van der Waals surface area (Å²) in [7, 11) is -3.11. The molecule has 0 amide bonds. The molecule has 0 aromatic carbocycles. The van der Waals surface area contributed by atoms with Gasteiger partial charge in [0.25, 0.3) is 0 Å². The lowest BCUT2D eigenvalue weighted by atomic mass is 10.4. The molecule has 0 spiro atoms. The fourth-order valence-corrected chi connectivity index (χ4v) is 2.63. The molecule has 0 aromatic rings. The molecule has 0 saturated heterocycles. The van der Waals surface area contributed by atoms with Gasteiger partial charge in [-0.1, -0.05) is 26.7 Å². The standard InChI is InChI=1S/C12H25O5P/c1-4-6-8-16-18(14,17-9-7-5-2)11-10-15-12(3)13/h4-11H2,1-3H3. The molecule has 5 nitrogen and oxygen atoms in total. The molecule has 108 valence electrons. The summed E-state index contributed by atoms with van der Waals surface area (Å²) < 4.78 is 27.8. The van der Waals surface area contributed by atoms with Gasteiger partial charge in [-0.05, 0) is 12.8 Å². The van der Waals surface area contributed by atoms with Crippen molar-refractivity contribution in [3.8, 4) is 0 Å². The molecular weight excluding hydrogens is 255 g/mol. The zero-order valence-electron chi connectivity index (χ0n) is 11.6. The van der Waals surface area contributed by atoms with Crippen LogP contribution in [0.4, 0.5) is 0 Å². The normalized spacial score (nSPS) is 11.5. The van der Waals surface area contributed by atoms with Crippen molar-refractivity contribution in [1.29, 1.82) is 0 Å². The minimum Gasteiger partial charge on any atom is -0.465 e. The van der Waals surface area contributed by atoms with E-state index in [0.29, 0.717) is 13.2 Å². The lowest BCUT2D eigenvalue weighted by Crippen LogP contribution is -2.09. The lowest BCUT2D eigenvalue weighted by Gasteiger charge is -2.18. The molecule has 0 saturated carbocycles. The largest absolute Gasteiger partial charge is 0.465 e. The van der Waals surface area contributed by atoms with Crippen molar-refractivity contribution in [2.45, 2.75) is 46.5 Å². The van der Waals surface area contributed by atoms with Crippen LogP contribution in [0.15, 0.2) is 0 Å². The molecule has 0 heterocycles. The highest BCUT2D eigenvalue weighted by Crippen LogP contribution is 2.48. The highest BCUT2D eigenvalue weighted by Gasteiger charge is 2.24. The summed E-state index contributed by atoms with van der Waals surface area (Å²) in [4.78, 5) is 10.7. The summed E-state index contributed by atoms with van der Waals surface area (Å²) in [5, 5.41) is 0. The highest BCUT2D eigenvalue weighted by atomic mass is 31.2. The number of unbranched alkanes of at least 4 members (excludes halogenated alkanes) is 2. The van der Waals surface area contributed by atoms with E-state index in [9.17, 15) is 9.36 Å². The van der Waals surface area contributed by atoms with E-state index in [1.165, 1.54) is 6.92 Å². The third-order valence-corrected chi connectivity index (χ3v) is 4.12. The van der Waals surface area contributed by atoms with Crippen molar-refractivity contribution in [1.82, 2.24) is 0 Å². The lowest BCUT2D eigenvalue weighted by molar-refractivity contribution is -0.140. The maximum atomic E-state index is 12.3. The molecule has 0 aliphatic heterocycles. The minimum atomic E-state index is -3.11. The average molecular weight is 280 g/mol. The number of ether oxygens (including phenoxy) is 1. The smallest absolute Gasteiger partial charge is 0.334 e. The van der Waals surface area contributed by atoms with Crippen molar-refractivity contribution in [2.75, 3.05) is 26.0 Å². The van der Waals surface area contributed by atoms with E-state index in [1.54, 1.807) is 0 Å². The first-order valence-corrected chi connectivity index (χ1v) is 8.28. The molecule has 0 rings (SSSR count). The summed E-state index contributed by atoms with van der Waals surface area (Å²) in [6.07, 6.45) is 3.75. The van der Waals surface area contributed by atoms with Crippen LogP contribution in [-0.2, 0) is 23.1 Å². The topological polar surface area (TPSA) is 61.8 Å². The van der Waals surface area contributed by atoms with Gasteiger partial charge in [-0.3, -0.25) is 9.36 Å². The monoisotopic (exact) mass is 280 g/mol. The molecule has 0 N–H and O–H groups in total. The first-order chi connectivity index (χ1) is 8.54. The molecule has 0 unspecified atom stereocenters. The summed E-state index contributed by atoms with van der Waals surface area (Å²) in [6, 6.07) is 0. The quantitative estimate of drug-likeness (QED) is 0.330. The van der Waals surface area contributed by atoms with E-state index < -0.39 is 7.60 Å². The number of rotatable bonds is 11. The molecule has 0 aliphatic carbocycles. The Bertz CT molecular complexity index is 253. The van der Waals surface area contributed by atoms with Crippen LogP contribution in [-0.4, -0.2) is 32.0 Å². The van der Waals surface area contributed by atoms with Gasteiger partial charge >= 0.3 is 13.6 Å². The Hall–Kier alpha value is -0.380. The Morgan fingerprint density at radius 3 is 1.89 bits per heavy atom. The molecule has 18 heavy (non-hydrogen) atoms. The first-order valence-electron chi connectivity index (χ1n) is 6.55. The molecule has 0 fully saturated rings. The fraction of sp³-hybridized carbons (Fsp3) is 0.917. The second-order valence-electron chi connectivity index (χ2n) is 4.05. The van der Waals surface area contributed by atoms with Gasteiger partial charge in [-0.25, -0.2) is 0 Å². The maximum absolute atomic E-state index is 12.3. The Morgan fingerprint density at radius 1 is 1.00 bits per heavy atom. The van der Waals surface area contributed by atoms with Gasteiger partial charge in [-0.2, -0.15) is 0 Å². The maximum Gasteiger partial charge on any atom is 0.334 e. The third kappa shape index (κ3) is 9.63. The number of hydrogen-bond donors (Lipinski definition) is 0. The van der Waals surface area contributed by atoms with E-state index in [1.807, 2.05) is 13.8 Å². The molecule has 0 atom stereocenters. The first kappa shape index (κ1) is 17.6. The van der Waals surface area contributed by atoms with E-state index >= 15 is 0 Å². The van der Waals surface area contributed by atoms with Gasteiger partial charge in [0.15, 0.2) is 0 Å². The zero-order valence-corrected chi connectivity index (χ0v) is 12.5. The van der Waals surface area contributed by atoms with Crippen molar-refractivity contribution in [2.24, 2.45) is 0 Å². The molecule has 6 heteroatoms. The van der Waals surface area contributed by atoms with Gasteiger partial charge in [0.05, 0.1) is 19.4 Å². The van der Waals surface area contributed by atoms with Crippen molar-refractivity contribution >= 4 is 13.6 Å². The van der Waals surface area contributed by atoms with Gasteiger partial charge in [0.2, 0.25) is 0 Å². The minimum absolute atomic E-state index is 0.0743. The van der Waals surface area contributed by atoms with Crippen LogP contribution in [0.5, 0.6) is 0 Å². The van der Waals surface area contributed by atoms with Crippen molar-refractivity contribution in [3.05, 3.63) is 0 Å². The summed E-state index contributed by atoms with van der Waals surface area (Å²) in [6.45, 7) is 6.29. The van der Waals surface area contributed by atoms with Crippen LogP contribution in [0.2, 0.25) is 0 Å². The Balaban J connectivity index is 4.11. The molecular formula is C12H25O5P. The molecule has 0 aromatic heterocycles. The summed E-state index contributed by atoms with van der Waals surface area (Å²) >= 11 is 0. The van der Waals surface area contributed by atoms with Crippen LogP contribution in [0.25, 0.3) is 0 Å². The Morgan fingerprint density at radius 2 is 1.50 bits per heavy atom. The summed E-state index contributed by atoms with van der Waals surface area (Å²) in [5.41, 5.74) is 0. The molecule has 0 aliphatic rings. The van der Waals surface area contributed by atoms with Crippen molar-refractivity contribution in [3.63, 3.8) is 0 Å². The second-order valence-corrected chi connectivity index (χ2v) is 6.23. The van der Waals surface area contributed by atoms with Gasteiger partial charge in [0.1, 0.15) is 6.61 Å². The number of carbonyl (C=O) groups excluding carboxylic acids is 1. The van der Waals surface area contributed by atoms with Gasteiger partial charge in [-0.15, -0.1) is 0 Å². The average Bonchev–Trinajstić information content (AvgIpc) is 2.29. The summed E-state index contributed by atoms with van der Waals surface area (Å²) in [5.74, 6) is -0.385. The highest BCUT2D eigenvalue weighted by molar-refractivity contribution is 7.53. The Kier molecular flexibility index (Phi) is 10.3.